The van der Waals surface area contributed by atoms with Crippen LogP contribution in [0.4, 0.5) is 0 Å². The fourth-order valence-electron chi connectivity index (χ4n) is 9.40. The maximum atomic E-state index is 12.3. The lowest BCUT2D eigenvalue weighted by Gasteiger charge is -2.26. The number of allylic oxidation sites excluding steroid dienone is 6. The minimum absolute atomic E-state index is 0.0251. The number of carbonyl (C=O) groups is 3. The van der Waals surface area contributed by atoms with E-state index in [4.69, 9.17) is 14.2 Å². The Bertz CT molecular complexity index is 2480. The third kappa shape index (κ3) is 16.6. The molecule has 2 heterocycles. The lowest BCUT2D eigenvalue weighted by atomic mass is 9.80. The summed E-state index contributed by atoms with van der Waals surface area (Å²) in [5.74, 6) is 3.85. The van der Waals surface area contributed by atoms with E-state index in [0.29, 0.717) is 23.1 Å². The molecule has 9 heteroatoms. The van der Waals surface area contributed by atoms with E-state index < -0.39 is 0 Å². The molecule has 0 amide bonds. The normalized spacial score (nSPS) is 20.8. The van der Waals surface area contributed by atoms with Gasteiger partial charge in [0.05, 0.1) is 29.6 Å². The van der Waals surface area contributed by atoms with Crippen molar-refractivity contribution in [2.24, 2.45) is 29.6 Å². The van der Waals surface area contributed by atoms with Crippen molar-refractivity contribution >= 4 is 17.9 Å². The Morgan fingerprint density at radius 2 is 0.930 bits per heavy atom. The van der Waals surface area contributed by atoms with Crippen molar-refractivity contribution in [3.05, 3.63) is 155 Å². The number of rotatable bonds is 11. The second kappa shape index (κ2) is 26.1. The quantitative estimate of drug-likeness (QED) is 0.0724. The molecule has 0 N–H and O–H groups in total. The van der Waals surface area contributed by atoms with Gasteiger partial charge < -0.3 is 14.2 Å². The standard InChI is InChI=1S/C23H32O2.C20H21NO2.C19H20N2O2/c1-17-3-7-19(8-4-17)9-10-20-11-15-22(16-12-20)25-23(24)21-13-5-18(2)6-14-21;1-14-3-7-16(8-4-14)19-12-11-18(13-21-19)23-20(22)17-9-5-15(2)6-10-17;1-13-3-5-16(6-4-13)19(22)23-17-9-7-15(8-10-17)18-20-11-14(2)12-21-18/h5,11-12,15-17,19,21H,3-4,6-10,13-14H2,1-2H3;3-5,7-8,11-13,17H,6,9-10H2,1-2H3;3,7-12,16H,4-6H2,1-2H3. The molecule has 0 radical (unpaired) electrons. The van der Waals surface area contributed by atoms with Crippen molar-refractivity contribution in [2.45, 2.75) is 138 Å². The van der Waals surface area contributed by atoms with Gasteiger partial charge >= 0.3 is 17.9 Å². The Labute approximate surface area is 422 Å². The maximum Gasteiger partial charge on any atom is 0.314 e. The summed E-state index contributed by atoms with van der Waals surface area (Å²) in [5.41, 5.74) is 10.5. The number of carbonyl (C=O) groups excluding carboxylic acids is 3. The number of hydrogen-bond donors (Lipinski definition) is 0. The minimum Gasteiger partial charge on any atom is -0.426 e. The first kappa shape index (κ1) is 52.3. The second-order valence-corrected chi connectivity index (χ2v) is 20.5. The summed E-state index contributed by atoms with van der Waals surface area (Å²) in [5, 5.41) is 0. The number of aromatic nitrogens is 3. The zero-order chi connectivity index (χ0) is 50.1. The summed E-state index contributed by atoms with van der Waals surface area (Å²) in [7, 11) is 0. The van der Waals surface area contributed by atoms with Crippen LogP contribution in [0.25, 0.3) is 22.6 Å². The van der Waals surface area contributed by atoms with Gasteiger partial charge in [-0.15, -0.1) is 0 Å². The highest BCUT2D eigenvalue weighted by Crippen LogP contribution is 2.32. The minimum atomic E-state index is -0.154. The number of pyridine rings is 1. The van der Waals surface area contributed by atoms with E-state index in [9.17, 15) is 14.4 Å². The molecule has 4 aliphatic carbocycles. The van der Waals surface area contributed by atoms with Gasteiger partial charge in [0.1, 0.15) is 17.2 Å². The zero-order valence-corrected chi connectivity index (χ0v) is 42.8. The molecular weight excluding hydrogens is 883 g/mol. The molecule has 5 aromatic rings. The van der Waals surface area contributed by atoms with E-state index in [1.807, 2.05) is 55.5 Å². The van der Waals surface area contributed by atoms with E-state index in [1.165, 1.54) is 60.0 Å². The number of hydrogen-bond acceptors (Lipinski definition) is 9. The van der Waals surface area contributed by atoms with Crippen LogP contribution in [0.5, 0.6) is 17.2 Å². The van der Waals surface area contributed by atoms with Gasteiger partial charge in [-0.2, -0.15) is 0 Å². The highest BCUT2D eigenvalue weighted by Gasteiger charge is 2.25. The zero-order valence-electron chi connectivity index (χ0n) is 42.8. The SMILES string of the molecule is CC1=CCC(C(=O)Oc2ccc(-c3ccc(C)cc3)nc2)CC1.CC1=CCC(C(=O)Oc2ccc(-c3ncc(C)cn3)cc2)CC1.CC1=CCC(C(=O)Oc2ccc(CCC3CCC(C)CC3)cc2)CC1. The van der Waals surface area contributed by atoms with Gasteiger partial charge in [-0.3, -0.25) is 19.4 Å². The average Bonchev–Trinajstić information content (AvgIpc) is 3.38. The summed E-state index contributed by atoms with van der Waals surface area (Å²) >= 11 is 0. The fraction of sp³-hybridized carbons (Fsp3) is 0.419. The average molecular weight is 956 g/mol. The van der Waals surface area contributed by atoms with E-state index >= 15 is 0 Å². The van der Waals surface area contributed by atoms with Crippen LogP contribution >= 0.6 is 0 Å². The van der Waals surface area contributed by atoms with Gasteiger partial charge in [0.15, 0.2) is 5.82 Å². The molecule has 372 valence electrons. The molecular formula is C62H73N3O6. The molecule has 2 aromatic heterocycles. The van der Waals surface area contributed by atoms with Crippen LogP contribution < -0.4 is 14.2 Å². The molecule has 1 fully saturated rings. The summed E-state index contributed by atoms with van der Waals surface area (Å²) in [6.45, 7) is 12.7. The lowest BCUT2D eigenvalue weighted by Crippen LogP contribution is -2.22. The van der Waals surface area contributed by atoms with E-state index in [-0.39, 0.29) is 35.7 Å². The number of ether oxygens (including phenoxy) is 3. The largest absolute Gasteiger partial charge is 0.426 e. The molecule has 0 bridgehead atoms. The number of esters is 3. The summed E-state index contributed by atoms with van der Waals surface area (Å²) in [4.78, 5) is 49.6. The van der Waals surface area contributed by atoms with Crippen LogP contribution in [0.15, 0.2) is 138 Å². The van der Waals surface area contributed by atoms with Crippen molar-refractivity contribution in [2.75, 3.05) is 0 Å². The number of nitrogens with zero attached hydrogens (tertiary/aromatic N) is 3. The Morgan fingerprint density at radius 3 is 1.38 bits per heavy atom. The van der Waals surface area contributed by atoms with Crippen LogP contribution in [0.3, 0.4) is 0 Å². The molecule has 9 nitrogen and oxygen atoms in total. The fourth-order valence-corrected chi connectivity index (χ4v) is 9.40. The molecule has 9 rings (SSSR count). The van der Waals surface area contributed by atoms with Gasteiger partial charge in [-0.25, -0.2) is 9.97 Å². The van der Waals surface area contributed by atoms with Crippen LogP contribution in [0, 0.1) is 43.4 Å². The van der Waals surface area contributed by atoms with Crippen molar-refractivity contribution in [1.29, 1.82) is 0 Å². The number of aryl methyl sites for hydroxylation is 3. The summed E-state index contributed by atoms with van der Waals surface area (Å²) < 4.78 is 16.5. The first-order chi connectivity index (χ1) is 34.3. The Morgan fingerprint density at radius 1 is 0.479 bits per heavy atom. The molecule has 3 aromatic carbocycles. The van der Waals surface area contributed by atoms with Crippen LogP contribution in [0.2, 0.25) is 0 Å². The van der Waals surface area contributed by atoms with Gasteiger partial charge in [0, 0.05) is 23.5 Å². The first-order valence-corrected chi connectivity index (χ1v) is 26.0. The predicted molar refractivity (Wildman–Crippen MR) is 283 cm³/mol. The van der Waals surface area contributed by atoms with Gasteiger partial charge in [-0.1, -0.05) is 110 Å². The van der Waals surface area contributed by atoms with Gasteiger partial charge in [0.2, 0.25) is 0 Å². The van der Waals surface area contributed by atoms with Crippen LogP contribution in [-0.4, -0.2) is 32.9 Å². The third-order valence-electron chi connectivity index (χ3n) is 14.4. The van der Waals surface area contributed by atoms with Crippen LogP contribution in [0.1, 0.15) is 134 Å². The van der Waals surface area contributed by atoms with E-state index in [0.717, 1.165) is 98.4 Å². The molecule has 71 heavy (non-hydrogen) atoms. The maximum absolute atomic E-state index is 12.3. The smallest absolute Gasteiger partial charge is 0.314 e. The summed E-state index contributed by atoms with van der Waals surface area (Å²) in [6, 6.07) is 27.4. The van der Waals surface area contributed by atoms with Crippen molar-refractivity contribution in [1.82, 2.24) is 15.0 Å². The Hall–Kier alpha value is -6.48. The van der Waals surface area contributed by atoms with E-state index in [1.54, 1.807) is 30.7 Å². The van der Waals surface area contributed by atoms with E-state index in [2.05, 4.69) is 92.1 Å². The topological polar surface area (TPSA) is 118 Å². The number of benzene rings is 3. The molecule has 0 aliphatic heterocycles. The highest BCUT2D eigenvalue weighted by atomic mass is 16.5. The third-order valence-corrected chi connectivity index (χ3v) is 14.4. The summed E-state index contributed by atoms with van der Waals surface area (Å²) in [6.07, 6.45) is 27.6. The van der Waals surface area contributed by atoms with Crippen LogP contribution in [-0.2, 0) is 20.8 Å². The molecule has 4 aliphatic rings. The molecule has 3 unspecified atom stereocenters. The Balaban J connectivity index is 0.000000157. The van der Waals surface area contributed by atoms with Crippen molar-refractivity contribution < 1.29 is 28.6 Å². The lowest BCUT2D eigenvalue weighted by molar-refractivity contribution is -0.140. The van der Waals surface area contributed by atoms with Gasteiger partial charge in [-0.05, 0) is 177 Å². The highest BCUT2D eigenvalue weighted by molar-refractivity contribution is 5.77. The molecule has 1 saturated carbocycles. The van der Waals surface area contributed by atoms with Crippen molar-refractivity contribution in [3.63, 3.8) is 0 Å². The molecule has 0 spiro atoms. The molecule has 0 saturated heterocycles. The second-order valence-electron chi connectivity index (χ2n) is 20.5. The van der Waals surface area contributed by atoms with Crippen molar-refractivity contribution in [3.8, 4) is 39.9 Å². The monoisotopic (exact) mass is 956 g/mol. The predicted octanol–water partition coefficient (Wildman–Crippen LogP) is 14.9. The Kier molecular flexibility index (Phi) is 19.2. The molecule has 3 atom stereocenters. The first-order valence-electron chi connectivity index (χ1n) is 26.0. The van der Waals surface area contributed by atoms with Gasteiger partial charge in [0.25, 0.3) is 0 Å².